The Labute approximate surface area is 174 Å². The molecule has 0 fully saturated rings. The van der Waals surface area contributed by atoms with Crippen molar-refractivity contribution in [2.24, 2.45) is 0 Å². The van der Waals surface area contributed by atoms with E-state index in [0.29, 0.717) is 27.6 Å². The molecular weight excluding hydrogens is 418 g/mol. The van der Waals surface area contributed by atoms with Crippen LogP contribution in [0.1, 0.15) is 36.8 Å². The maximum atomic E-state index is 12.6. The van der Waals surface area contributed by atoms with Crippen LogP contribution < -0.4 is 10.0 Å². The number of hydrogen-bond acceptors (Lipinski definition) is 6. The van der Waals surface area contributed by atoms with E-state index in [4.69, 9.17) is 11.6 Å². The summed E-state index contributed by atoms with van der Waals surface area (Å²) in [4.78, 5) is 5.40. The molecule has 1 aromatic carbocycles. The van der Waals surface area contributed by atoms with Crippen molar-refractivity contribution in [2.45, 2.75) is 44.4 Å². The molecule has 0 aliphatic carbocycles. The second kappa shape index (κ2) is 9.21. The van der Waals surface area contributed by atoms with Gasteiger partial charge in [0, 0.05) is 42.0 Å². The summed E-state index contributed by atoms with van der Waals surface area (Å²) in [5.74, 6) is 0.818. The number of nitrogens with one attached hydrogen (secondary N) is 2. The van der Waals surface area contributed by atoms with Gasteiger partial charge in [0.1, 0.15) is 0 Å². The number of aryl methyl sites for hydroxylation is 2. The second-order valence-corrected chi connectivity index (χ2v) is 9.56. The fourth-order valence-corrected chi connectivity index (χ4v) is 5.68. The number of hydrogen-bond donors (Lipinski definition) is 2. The molecule has 28 heavy (non-hydrogen) atoms. The van der Waals surface area contributed by atoms with Crippen LogP contribution in [-0.2, 0) is 10.0 Å². The summed E-state index contributed by atoms with van der Waals surface area (Å²) in [5.41, 5.74) is 1.33. The van der Waals surface area contributed by atoms with Crippen LogP contribution in [-0.4, -0.2) is 35.3 Å². The molecule has 10 heteroatoms. The number of imidazole rings is 1. The smallest absolute Gasteiger partial charge is 0.241 e. The highest BCUT2D eigenvalue weighted by Gasteiger charge is 2.19. The largest absolute Gasteiger partial charge is 0.355 e. The average molecular weight is 442 g/mol. The molecule has 0 unspecified atom stereocenters. The van der Waals surface area contributed by atoms with Crippen molar-refractivity contribution in [2.75, 3.05) is 18.4 Å². The number of aromatic nitrogens is 3. The van der Waals surface area contributed by atoms with Crippen molar-refractivity contribution in [1.29, 1.82) is 0 Å². The summed E-state index contributed by atoms with van der Waals surface area (Å²) >= 11 is 7.35. The minimum Gasteiger partial charge on any atom is -0.355 e. The lowest BCUT2D eigenvalue weighted by Crippen LogP contribution is -2.26. The molecule has 0 spiro atoms. The van der Waals surface area contributed by atoms with Crippen LogP contribution in [0, 0.1) is 13.8 Å². The number of benzene rings is 1. The lowest BCUT2D eigenvalue weighted by Gasteiger charge is -2.12. The van der Waals surface area contributed by atoms with E-state index in [9.17, 15) is 8.42 Å². The Bertz CT molecular complexity index is 1020. The molecule has 2 aromatic heterocycles. The zero-order valence-electron chi connectivity index (χ0n) is 15.9. The van der Waals surface area contributed by atoms with Gasteiger partial charge in [-0.25, -0.2) is 18.1 Å². The molecule has 2 heterocycles. The maximum absolute atomic E-state index is 12.6. The number of unbranched alkanes of at least 4 members (excludes halogenated alkanes) is 3. The van der Waals surface area contributed by atoms with Gasteiger partial charge in [0.05, 0.1) is 4.90 Å². The van der Waals surface area contributed by atoms with Gasteiger partial charge in [0.15, 0.2) is 0 Å². The summed E-state index contributed by atoms with van der Waals surface area (Å²) in [7, 11) is -3.52. The van der Waals surface area contributed by atoms with Crippen molar-refractivity contribution < 1.29 is 8.42 Å². The zero-order valence-corrected chi connectivity index (χ0v) is 18.3. The first-order valence-corrected chi connectivity index (χ1v) is 11.8. The van der Waals surface area contributed by atoms with Crippen molar-refractivity contribution in [3.63, 3.8) is 0 Å². The van der Waals surface area contributed by atoms with Crippen LogP contribution in [0.15, 0.2) is 29.4 Å². The van der Waals surface area contributed by atoms with E-state index in [0.717, 1.165) is 43.1 Å². The van der Waals surface area contributed by atoms with Gasteiger partial charge in [0.2, 0.25) is 20.9 Å². The third-order valence-corrected chi connectivity index (χ3v) is 7.13. The molecule has 0 saturated carbocycles. The predicted molar refractivity (Wildman–Crippen MR) is 114 cm³/mol. The van der Waals surface area contributed by atoms with Gasteiger partial charge in [0.25, 0.3) is 0 Å². The highest BCUT2D eigenvalue weighted by molar-refractivity contribution is 7.89. The van der Waals surface area contributed by atoms with Crippen LogP contribution in [0.2, 0.25) is 5.02 Å². The minimum atomic E-state index is -3.52. The molecule has 0 saturated heterocycles. The highest BCUT2D eigenvalue weighted by atomic mass is 35.5. The standard InChI is InChI=1S/C18H24ClN5O2S2/c1-13-11-15(19)12-14(2)16(13)28(25,26)22-8-6-4-3-5-7-20-17-23-27-18-21-9-10-24(17)18/h9-12,22H,3-8H2,1-2H3,(H,20,23). The summed E-state index contributed by atoms with van der Waals surface area (Å²) in [5, 5.41) is 3.86. The Morgan fingerprint density at radius 3 is 2.50 bits per heavy atom. The Kier molecular flexibility index (Phi) is 6.92. The molecule has 3 rings (SSSR count). The van der Waals surface area contributed by atoms with Gasteiger partial charge in [-0.15, -0.1) is 0 Å². The Morgan fingerprint density at radius 2 is 1.79 bits per heavy atom. The predicted octanol–water partition coefficient (Wildman–Crippen LogP) is 4.01. The fourth-order valence-electron chi connectivity index (χ4n) is 3.17. The highest BCUT2D eigenvalue weighted by Crippen LogP contribution is 2.24. The van der Waals surface area contributed by atoms with E-state index < -0.39 is 10.0 Å². The Morgan fingerprint density at radius 1 is 1.11 bits per heavy atom. The van der Waals surface area contributed by atoms with Crippen molar-refractivity contribution >= 4 is 44.1 Å². The average Bonchev–Trinajstić information content (AvgIpc) is 3.20. The maximum Gasteiger partial charge on any atom is 0.241 e. The molecule has 0 atom stereocenters. The first kappa shape index (κ1) is 21.0. The minimum absolute atomic E-state index is 0.329. The van der Waals surface area contributed by atoms with Gasteiger partial charge in [-0.1, -0.05) is 24.4 Å². The SMILES string of the molecule is Cc1cc(Cl)cc(C)c1S(=O)(=O)NCCCCCCNc1nsc2nccn12. The summed E-state index contributed by atoms with van der Waals surface area (Å²) in [6.07, 6.45) is 7.42. The van der Waals surface area contributed by atoms with E-state index in [1.54, 1.807) is 32.2 Å². The molecule has 0 aliphatic heterocycles. The van der Waals surface area contributed by atoms with Gasteiger partial charge in [-0.3, -0.25) is 4.40 Å². The third kappa shape index (κ3) is 5.02. The van der Waals surface area contributed by atoms with Gasteiger partial charge >= 0.3 is 0 Å². The second-order valence-electron chi connectivity index (χ2n) is 6.69. The van der Waals surface area contributed by atoms with Crippen molar-refractivity contribution in [3.8, 4) is 0 Å². The van der Waals surface area contributed by atoms with Crippen LogP contribution in [0.5, 0.6) is 0 Å². The topological polar surface area (TPSA) is 88.4 Å². The van der Waals surface area contributed by atoms with E-state index in [1.807, 2.05) is 10.6 Å². The third-order valence-electron chi connectivity index (χ3n) is 4.42. The summed E-state index contributed by atoms with van der Waals surface area (Å²) in [6, 6.07) is 3.35. The first-order valence-electron chi connectivity index (χ1n) is 9.17. The van der Waals surface area contributed by atoms with Gasteiger partial charge in [-0.2, -0.15) is 4.37 Å². The van der Waals surface area contributed by atoms with Crippen LogP contribution in [0.25, 0.3) is 4.96 Å². The number of sulfonamides is 1. The Hall–Kier alpha value is -1.68. The van der Waals surface area contributed by atoms with Gasteiger partial charge in [-0.05, 0) is 49.9 Å². The zero-order chi connectivity index (χ0) is 20.1. The molecule has 152 valence electrons. The van der Waals surface area contributed by atoms with Crippen LogP contribution in [0.3, 0.4) is 0 Å². The monoisotopic (exact) mass is 441 g/mol. The summed E-state index contributed by atoms with van der Waals surface area (Å²) in [6.45, 7) is 4.78. The Balaban J connectivity index is 1.36. The molecule has 7 nitrogen and oxygen atoms in total. The molecule has 0 bridgehead atoms. The number of rotatable bonds is 10. The normalized spacial score (nSPS) is 12.0. The summed E-state index contributed by atoms with van der Waals surface area (Å²) < 4.78 is 34.1. The first-order chi connectivity index (χ1) is 13.4. The van der Waals surface area contributed by atoms with E-state index >= 15 is 0 Å². The lowest BCUT2D eigenvalue weighted by molar-refractivity contribution is 0.571. The number of nitrogens with zero attached hydrogens (tertiary/aromatic N) is 3. The van der Waals surface area contributed by atoms with E-state index in [2.05, 4.69) is 19.4 Å². The van der Waals surface area contributed by atoms with Crippen molar-refractivity contribution in [1.82, 2.24) is 18.5 Å². The quantitative estimate of drug-likeness (QED) is 0.464. The number of anilines is 1. The van der Waals surface area contributed by atoms with E-state index in [1.165, 1.54) is 11.5 Å². The van der Waals surface area contributed by atoms with Crippen molar-refractivity contribution in [3.05, 3.63) is 40.7 Å². The molecule has 0 radical (unpaired) electrons. The molecular formula is C18H24ClN5O2S2. The van der Waals surface area contributed by atoms with E-state index in [-0.39, 0.29) is 0 Å². The fraction of sp³-hybridized carbons (Fsp3) is 0.444. The van der Waals surface area contributed by atoms with Crippen LogP contribution in [0.4, 0.5) is 5.95 Å². The van der Waals surface area contributed by atoms with Crippen LogP contribution >= 0.6 is 23.1 Å². The number of halogens is 1. The van der Waals surface area contributed by atoms with Gasteiger partial charge < -0.3 is 5.32 Å². The molecule has 0 amide bonds. The molecule has 0 aliphatic rings. The number of fused-ring (bicyclic) bond motifs is 1. The lowest BCUT2D eigenvalue weighted by atomic mass is 10.2. The molecule has 3 aromatic rings. The molecule has 2 N–H and O–H groups in total.